The van der Waals surface area contributed by atoms with Crippen LogP contribution in [0.5, 0.6) is 0 Å². The van der Waals surface area contributed by atoms with Gasteiger partial charge in [0.05, 0.1) is 173 Å². The molecule has 0 aromatic carbocycles. The normalized spacial score (nSPS) is 26.2. The molecule has 0 bridgehead atoms. The number of rotatable bonds is 17. The Morgan fingerprint density at radius 1 is 0.466 bits per heavy atom. The van der Waals surface area contributed by atoms with Crippen LogP contribution in [0.4, 0.5) is 22.0 Å². The van der Waals surface area contributed by atoms with Crippen molar-refractivity contribution >= 4 is 247 Å². The van der Waals surface area contributed by atoms with E-state index in [-0.39, 0.29) is 79.7 Å². The number of pyridine rings is 5. The van der Waals surface area contributed by atoms with E-state index in [1.165, 1.54) is 77.9 Å². The number of alkyl halides is 1. The number of nitrogens with one attached hydrogen (secondary N) is 1. The fourth-order valence-electron chi connectivity index (χ4n) is 13.5. The van der Waals surface area contributed by atoms with Crippen LogP contribution in [0.2, 0.25) is 0 Å². The number of halogens is 14. The third-order valence-corrected chi connectivity index (χ3v) is 43.6. The zero-order valence-corrected chi connectivity index (χ0v) is 110. The molecule has 50 heteroatoms. The summed E-state index contributed by atoms with van der Waals surface area (Å²) in [6.45, 7) is 43.5. The van der Waals surface area contributed by atoms with Crippen molar-refractivity contribution < 1.29 is 57.7 Å². The molecule has 10 rings (SSSR count). The molecule has 16 atom stereocenters. The van der Waals surface area contributed by atoms with E-state index in [1.54, 1.807) is 103 Å². The Balaban J connectivity index is -0.000000814. The molecule has 0 fully saturated rings. The molecule has 14 unspecified atom stereocenters. The molecule has 27 nitrogen and oxygen atoms in total. The van der Waals surface area contributed by atoms with Crippen molar-refractivity contribution in [1.29, 1.82) is 26.3 Å². The summed E-state index contributed by atoms with van der Waals surface area (Å²) in [5.41, 5.74) is 14.1. The topological polar surface area (TPSA) is 467 Å². The van der Waals surface area contributed by atoms with Crippen LogP contribution in [0, 0.1) is 92.7 Å². The molecule has 146 heavy (non-hydrogen) atoms. The van der Waals surface area contributed by atoms with Crippen molar-refractivity contribution in [2.24, 2.45) is 43.4 Å². The summed E-state index contributed by atoms with van der Waals surface area (Å²) in [6, 6.07) is 24.6. The molecule has 3 radical (unpaired) electrons. The molecule has 10 heterocycles. The Hall–Kier alpha value is -1.62. The Kier molecular flexibility index (Phi) is 69.4. The number of unbranched alkanes of at least 4 members (excludes halogenated alkanes) is 1. The van der Waals surface area contributed by atoms with Crippen molar-refractivity contribution in [2.45, 2.75) is 338 Å². The second-order valence-electron chi connectivity index (χ2n) is 37.6. The van der Waals surface area contributed by atoms with Gasteiger partial charge in [0.25, 0.3) is 0 Å². The minimum atomic E-state index is -3.10. The molecule has 5 aliphatic heterocycles. The van der Waals surface area contributed by atoms with Gasteiger partial charge < -0.3 is 24.1 Å². The van der Waals surface area contributed by atoms with Crippen LogP contribution >= 0.6 is 162 Å². The number of aromatic nitrogens is 5. The number of nitrogens with two attached hydrogens (primary N) is 3. The van der Waals surface area contributed by atoms with E-state index < -0.39 is 155 Å². The molecule has 0 saturated carbocycles. The van der Waals surface area contributed by atoms with Crippen LogP contribution in [0.15, 0.2) is 110 Å². The number of hydrogen-bond donors (Lipinski definition) is 4. The molecule has 0 spiro atoms. The summed E-state index contributed by atoms with van der Waals surface area (Å²) in [4.78, 5) is 20.3. The molecule has 0 saturated heterocycles. The van der Waals surface area contributed by atoms with Crippen molar-refractivity contribution in [1.82, 2.24) is 29.6 Å². The van der Waals surface area contributed by atoms with E-state index in [4.69, 9.17) is 23.8 Å². The van der Waals surface area contributed by atoms with Gasteiger partial charge in [-0.15, -0.1) is 0 Å². The van der Waals surface area contributed by atoms with Gasteiger partial charge in [0.2, 0.25) is 0 Å². The number of nitriles is 5. The van der Waals surface area contributed by atoms with Crippen LogP contribution in [0.25, 0.3) is 0 Å². The predicted molar refractivity (Wildman–Crippen MR) is 648 cm³/mol. The SMILES string of the molecule is C.C.CC(=N[S@](=O)C(C)(C)C)c1nc(Br)ccc1F.CC(CS1(=O)=NCCCCC1(C)C#N)(N[S@](=O)C(C)(C)C)c1nc(Br)ccc1F.CC(N)(CS1(=O)=NCCCCC1(C)C#N)c1nc(Br)ccc1F.CC(N)(CS1(=O)=NCCCCC1(C)C#N)c1nc(Br)ccc1F.CC(N)(CS1(=O)=NCCCCC1(C)C#N)c1nc(Br)ccc1F.CC1(C#N)CCCCN=S1(C)=O.CCCC.CCI.[2H]CCC.[B].[CH2-]C.[I][V]([I])[I]. The number of hydrogen-bond acceptors (Lipinski definition) is 25. The molecule has 0 aliphatic carbocycles. The summed E-state index contributed by atoms with van der Waals surface area (Å²) in [6.07, 6.45) is 16.0. The molecule has 5 aliphatic rings. The van der Waals surface area contributed by atoms with E-state index >= 15 is 0 Å². The standard InChI is InChI=1S/C19H28BrFN4O2S2.3C15H20BrFN4OS.C11H14BrFN2OS.C8H14N2OS.C4H10.C3H8.C2H5I.C2H5.2CH4.B.3HI.V/c1-17(2,3)28(26)25-19(5,16-14(21)8-9-15(20)24-16)13-29(27)18(4,12-22)10-6-7-11-23-29;3*1-14(9-18)7-3-4-8-20-23(14,22)10-15(2,19)13-11(17)5-6-12(16)21-13;1-7(15-17(16)11(2,3)4)10-8(13)5-6-9(12)14-10;1-8(7-9)5-3-4-6-10-12(8,2)11;1-3-4-2;1-3-2;1-2-3;1-2;;;;;;;/h8-9,25H,6-7,10-11,13H2,1-5H3;3*5-6H,3-4,7-8,10,19H2,1-2H3;5-6H,1-4H3;3-6H2,1-2H3;3-4H2,1-2H3;3H2,1-2H3;2H2,1H3;1H2,2H3;2*1H4;;3*1H;/q;;;;;;;;;-1;;;;;;;+3/p-3/t18?,19?,28-,29?;;;;17-;;;;;;;;;;;;/m1...1............/s1/i;;;;;;;1D;;;;;;;;;. The Bertz CT molecular complexity index is 5750. The Morgan fingerprint density at radius 3 is 0.945 bits per heavy atom. The fourth-order valence-corrected chi connectivity index (χ4v) is 28.9. The van der Waals surface area contributed by atoms with Gasteiger partial charge in [0.15, 0.2) is 5.82 Å². The zero-order valence-electron chi connectivity index (χ0n) is 87.4. The predicted octanol–water partition coefficient (Wildman–Crippen LogP) is 27.3. The molecule has 0 amide bonds. The van der Waals surface area contributed by atoms with E-state index in [1.807, 2.05) is 27.7 Å². The van der Waals surface area contributed by atoms with Crippen LogP contribution in [0.3, 0.4) is 0 Å². The Morgan fingerprint density at radius 2 is 0.699 bits per heavy atom. The van der Waals surface area contributed by atoms with E-state index in [0.717, 1.165) is 70.6 Å². The molecule has 7 N–H and O–H groups in total. The quantitative estimate of drug-likeness (QED) is 0.0128. The second kappa shape index (κ2) is 68.2. The molecule has 5 aromatic rings. The summed E-state index contributed by atoms with van der Waals surface area (Å²) in [5, 5.41) is 47.4. The first-order valence-electron chi connectivity index (χ1n) is 46.6. The summed E-state index contributed by atoms with van der Waals surface area (Å²) in [5.74, 6) is -3.26. The van der Waals surface area contributed by atoms with Gasteiger partial charge in [-0.05, 0) is 352 Å². The van der Waals surface area contributed by atoms with Gasteiger partial charge >= 0.3 is 64.9 Å². The molecular formula is C96H152BBr5F5I4N20O7S7V-. The first-order chi connectivity index (χ1) is 66.4. The zero-order chi connectivity index (χ0) is 112. The van der Waals surface area contributed by atoms with Crippen molar-refractivity contribution in [2.75, 3.05) is 66.4 Å². The van der Waals surface area contributed by atoms with Gasteiger partial charge in [-0.3, -0.25) is 0 Å². The van der Waals surface area contributed by atoms with E-state index in [9.17, 15) is 72.5 Å². The molecular weight excluding hydrogens is 2830 g/mol. The van der Waals surface area contributed by atoms with Gasteiger partial charge in [-0.2, -0.15) is 37.6 Å². The van der Waals surface area contributed by atoms with E-state index in [0.29, 0.717) is 100 Å². The van der Waals surface area contributed by atoms with Crippen LogP contribution in [-0.2, 0) is 97.7 Å². The van der Waals surface area contributed by atoms with Crippen LogP contribution in [-0.4, -0.2) is 168 Å². The second-order valence-corrected chi connectivity index (χ2v) is 96.1. The van der Waals surface area contributed by atoms with Crippen molar-refractivity contribution in [3.05, 3.63) is 148 Å². The maximum absolute atomic E-state index is 14.8. The monoisotopic (exact) mass is 2980 g/mol. The average molecular weight is 2990 g/mol. The van der Waals surface area contributed by atoms with Gasteiger partial charge in [0.1, 0.15) is 86.7 Å². The fraction of sp³-hybridized carbons (Fsp3) is 0.667. The third-order valence-electron chi connectivity index (χ3n) is 22.3. The average Bonchev–Trinajstić information content (AvgIpc) is 1.71. The third kappa shape index (κ3) is 46.5. The minimum absolute atomic E-state index is 0. The van der Waals surface area contributed by atoms with E-state index in [2.05, 4.69) is 276 Å². The van der Waals surface area contributed by atoms with Gasteiger partial charge in [-0.25, -0.2) is 103 Å². The number of nitrogens with zero attached hydrogens (tertiary/aromatic N) is 16. The van der Waals surface area contributed by atoms with Gasteiger partial charge in [-0.1, -0.05) is 91.3 Å². The Labute approximate surface area is 975 Å². The summed E-state index contributed by atoms with van der Waals surface area (Å²) >= 11 is 25.7. The van der Waals surface area contributed by atoms with Gasteiger partial charge in [0, 0.05) is 48.8 Å². The first-order valence-corrected chi connectivity index (χ1v) is 75.8. The van der Waals surface area contributed by atoms with Crippen LogP contribution in [0.1, 0.15) is 313 Å². The summed E-state index contributed by atoms with van der Waals surface area (Å²) in [7, 11) is -17.2. The van der Waals surface area contributed by atoms with Crippen molar-refractivity contribution in [3.63, 3.8) is 0 Å². The van der Waals surface area contributed by atoms with Crippen molar-refractivity contribution in [3.8, 4) is 30.3 Å². The summed E-state index contributed by atoms with van der Waals surface area (Å²) < 4.78 is 194. The first kappa shape index (κ1) is 148. The maximum atomic E-state index is 14.8. The van der Waals surface area contributed by atoms with Crippen LogP contribution < -0.4 is 21.9 Å². The molecule has 827 valence electrons. The molecule has 5 aromatic heterocycles.